The van der Waals surface area contributed by atoms with Crippen molar-refractivity contribution in [3.05, 3.63) is 23.8 Å². The van der Waals surface area contributed by atoms with E-state index in [0.717, 1.165) is 47.5 Å². The lowest BCUT2D eigenvalue weighted by atomic mass is 9.97. The van der Waals surface area contributed by atoms with Crippen LogP contribution in [0, 0.1) is 0 Å². The van der Waals surface area contributed by atoms with Crippen molar-refractivity contribution < 1.29 is 19.3 Å². The molecule has 0 aliphatic heterocycles. The van der Waals surface area contributed by atoms with Crippen LogP contribution in [-0.4, -0.2) is 32.5 Å². The van der Waals surface area contributed by atoms with E-state index >= 15 is 0 Å². The first kappa shape index (κ1) is 14.7. The van der Waals surface area contributed by atoms with Crippen molar-refractivity contribution in [3.8, 4) is 17.2 Å². The van der Waals surface area contributed by atoms with Crippen LogP contribution in [0.25, 0.3) is 5.57 Å². The number of methoxy groups -OCH3 is 3. The molecule has 1 atom stereocenters. The Kier molecular flexibility index (Phi) is 4.55. The zero-order chi connectivity index (χ0) is 14.7. The predicted octanol–water partition coefficient (Wildman–Crippen LogP) is 2.81. The smallest absolute Gasteiger partial charge is 0.136 e. The third-order valence-corrected chi connectivity index (χ3v) is 3.75. The maximum absolute atomic E-state index is 10.0. The van der Waals surface area contributed by atoms with E-state index in [9.17, 15) is 5.11 Å². The lowest BCUT2D eigenvalue weighted by Crippen LogP contribution is -2.06. The van der Waals surface area contributed by atoms with E-state index in [1.165, 1.54) is 0 Å². The summed E-state index contributed by atoms with van der Waals surface area (Å²) in [5.74, 6) is 2.17. The van der Waals surface area contributed by atoms with Crippen molar-refractivity contribution in [2.24, 2.45) is 0 Å². The molecule has 0 heterocycles. The second-order valence-corrected chi connectivity index (χ2v) is 5.02. The third kappa shape index (κ3) is 2.61. The van der Waals surface area contributed by atoms with Crippen molar-refractivity contribution in [2.75, 3.05) is 21.3 Å². The Morgan fingerprint density at radius 2 is 1.85 bits per heavy atom. The van der Waals surface area contributed by atoms with Gasteiger partial charge in [0, 0.05) is 11.6 Å². The van der Waals surface area contributed by atoms with Crippen molar-refractivity contribution >= 4 is 5.57 Å². The maximum Gasteiger partial charge on any atom is 0.136 e. The highest BCUT2D eigenvalue weighted by Crippen LogP contribution is 2.45. The first-order valence-electron chi connectivity index (χ1n) is 6.80. The van der Waals surface area contributed by atoms with Crippen molar-refractivity contribution in [3.63, 3.8) is 0 Å². The van der Waals surface area contributed by atoms with Gasteiger partial charge in [-0.1, -0.05) is 6.58 Å². The molecule has 0 radical (unpaired) electrons. The van der Waals surface area contributed by atoms with Crippen LogP contribution >= 0.6 is 0 Å². The predicted molar refractivity (Wildman–Crippen MR) is 78.7 cm³/mol. The van der Waals surface area contributed by atoms with Gasteiger partial charge in [0.15, 0.2) is 0 Å². The van der Waals surface area contributed by atoms with Gasteiger partial charge in [-0.25, -0.2) is 0 Å². The average Bonchev–Trinajstić information content (AvgIpc) is 2.48. The zero-order valence-corrected chi connectivity index (χ0v) is 12.4. The average molecular weight is 278 g/mol. The van der Waals surface area contributed by atoms with Gasteiger partial charge in [0.25, 0.3) is 0 Å². The molecule has 0 spiro atoms. The number of hydrogen-bond acceptors (Lipinski definition) is 4. The first-order chi connectivity index (χ1) is 9.62. The molecule has 2 rings (SSSR count). The molecule has 1 aliphatic carbocycles. The minimum Gasteiger partial charge on any atom is -0.496 e. The third-order valence-electron chi connectivity index (χ3n) is 3.75. The summed E-state index contributed by atoms with van der Waals surface area (Å²) in [7, 11) is 4.89. The summed E-state index contributed by atoms with van der Waals surface area (Å²) in [5, 5.41) is 10.0. The van der Waals surface area contributed by atoms with Crippen LogP contribution in [0.4, 0.5) is 0 Å². The van der Waals surface area contributed by atoms with Crippen LogP contribution in [0.1, 0.15) is 30.4 Å². The Morgan fingerprint density at radius 1 is 1.15 bits per heavy atom. The largest absolute Gasteiger partial charge is 0.496 e. The van der Waals surface area contributed by atoms with Gasteiger partial charge in [-0.05, 0) is 31.3 Å². The second-order valence-electron chi connectivity index (χ2n) is 5.02. The molecule has 0 saturated carbocycles. The summed E-state index contributed by atoms with van der Waals surface area (Å²) < 4.78 is 16.5. The molecule has 0 aromatic heterocycles. The molecule has 4 heteroatoms. The van der Waals surface area contributed by atoms with Crippen molar-refractivity contribution in [1.29, 1.82) is 0 Å². The molecular formula is C16H22O4. The second kappa shape index (κ2) is 6.18. The van der Waals surface area contributed by atoms with Crippen LogP contribution < -0.4 is 14.2 Å². The fourth-order valence-corrected chi connectivity index (χ4v) is 2.80. The quantitative estimate of drug-likeness (QED) is 0.923. The van der Waals surface area contributed by atoms with Gasteiger partial charge < -0.3 is 19.3 Å². The van der Waals surface area contributed by atoms with Crippen molar-refractivity contribution in [1.82, 2.24) is 0 Å². The summed E-state index contributed by atoms with van der Waals surface area (Å²) in [6, 6.07) is 1.87. The van der Waals surface area contributed by atoms with Crippen molar-refractivity contribution in [2.45, 2.75) is 31.8 Å². The molecule has 1 N–H and O–H groups in total. The van der Waals surface area contributed by atoms with E-state index < -0.39 is 0 Å². The number of aliphatic hydroxyl groups is 1. The highest BCUT2D eigenvalue weighted by Gasteiger charge is 2.25. The van der Waals surface area contributed by atoms with E-state index in [-0.39, 0.29) is 6.10 Å². The lowest BCUT2D eigenvalue weighted by Gasteiger charge is -2.20. The molecule has 110 valence electrons. The maximum atomic E-state index is 10.0. The summed E-state index contributed by atoms with van der Waals surface area (Å²) >= 11 is 0. The van der Waals surface area contributed by atoms with Gasteiger partial charge >= 0.3 is 0 Å². The first-order valence-corrected chi connectivity index (χ1v) is 6.80. The number of ether oxygens (including phenoxy) is 3. The summed E-state index contributed by atoms with van der Waals surface area (Å²) in [5.41, 5.74) is 2.69. The standard InChI is InChI=1S/C16H22O4/c1-10-8-11(17)6-5-7-12-13(18-2)9-14(19-3)15(10)16(12)20-4/h9,11,17H,1,5-8H2,2-4H3/t11-/m1/s1. The van der Waals surface area contributed by atoms with E-state index in [1.807, 2.05) is 6.07 Å². The van der Waals surface area contributed by atoms with Crippen LogP contribution in [0.5, 0.6) is 17.2 Å². The molecule has 0 amide bonds. The van der Waals surface area contributed by atoms with E-state index in [2.05, 4.69) is 6.58 Å². The van der Waals surface area contributed by atoms with Gasteiger partial charge in [-0.2, -0.15) is 0 Å². The molecule has 2 bridgehead atoms. The molecule has 1 aromatic rings. The van der Waals surface area contributed by atoms with Crippen LogP contribution in [-0.2, 0) is 6.42 Å². The minimum atomic E-state index is -0.378. The number of benzene rings is 1. The highest BCUT2D eigenvalue weighted by atomic mass is 16.5. The molecule has 4 nitrogen and oxygen atoms in total. The number of hydrogen-bond donors (Lipinski definition) is 1. The molecule has 1 aromatic carbocycles. The SMILES string of the molecule is C=C1C[C@H](O)CCCc2c(OC)cc(OC)c1c2OC. The topological polar surface area (TPSA) is 47.9 Å². The Hall–Kier alpha value is -1.68. The molecule has 1 aliphatic rings. The summed E-state index contributed by atoms with van der Waals surface area (Å²) in [6.07, 6.45) is 2.57. The van der Waals surface area contributed by atoms with Crippen LogP contribution in [0.3, 0.4) is 0 Å². The number of aliphatic hydroxyl groups excluding tert-OH is 1. The lowest BCUT2D eigenvalue weighted by molar-refractivity contribution is 0.167. The van der Waals surface area contributed by atoms with Gasteiger partial charge in [0.2, 0.25) is 0 Å². The summed E-state index contributed by atoms with van der Waals surface area (Å²) in [6.45, 7) is 4.09. The summed E-state index contributed by atoms with van der Waals surface area (Å²) in [4.78, 5) is 0. The number of rotatable bonds is 3. The molecule has 20 heavy (non-hydrogen) atoms. The fraction of sp³-hybridized carbons (Fsp3) is 0.500. The Bertz CT molecular complexity index is 508. The van der Waals surface area contributed by atoms with Gasteiger partial charge in [-0.15, -0.1) is 0 Å². The van der Waals surface area contributed by atoms with Gasteiger partial charge in [0.1, 0.15) is 17.2 Å². The normalized spacial score (nSPS) is 18.8. The Morgan fingerprint density at radius 3 is 2.45 bits per heavy atom. The Labute approximate surface area is 120 Å². The highest BCUT2D eigenvalue weighted by molar-refractivity contribution is 5.77. The van der Waals surface area contributed by atoms with Crippen LogP contribution in [0.15, 0.2) is 12.6 Å². The minimum absolute atomic E-state index is 0.378. The van der Waals surface area contributed by atoms with E-state index in [4.69, 9.17) is 14.2 Å². The van der Waals surface area contributed by atoms with Gasteiger partial charge in [-0.3, -0.25) is 0 Å². The number of fused-ring (bicyclic) bond motifs is 2. The zero-order valence-electron chi connectivity index (χ0n) is 12.4. The monoisotopic (exact) mass is 278 g/mol. The van der Waals surface area contributed by atoms with E-state index in [0.29, 0.717) is 12.2 Å². The molecule has 0 unspecified atom stereocenters. The Balaban J connectivity index is 2.67. The van der Waals surface area contributed by atoms with Crippen LogP contribution in [0.2, 0.25) is 0 Å². The van der Waals surface area contributed by atoms with Gasteiger partial charge in [0.05, 0.1) is 33.0 Å². The van der Waals surface area contributed by atoms with E-state index in [1.54, 1.807) is 21.3 Å². The molecule has 0 saturated heterocycles. The fourth-order valence-electron chi connectivity index (χ4n) is 2.80. The molecular weight excluding hydrogens is 256 g/mol. The molecule has 0 fully saturated rings.